The summed E-state index contributed by atoms with van der Waals surface area (Å²) in [6.45, 7) is 0. The van der Waals surface area contributed by atoms with Crippen LogP contribution in [0.15, 0.2) is 18.3 Å². The maximum Gasteiger partial charge on any atom is 0.321 e. The summed E-state index contributed by atoms with van der Waals surface area (Å²) in [5.41, 5.74) is 0.0353. The van der Waals surface area contributed by atoms with E-state index in [-0.39, 0.29) is 26.7 Å². The van der Waals surface area contributed by atoms with Gasteiger partial charge in [-0.1, -0.05) is 34.8 Å². The number of carbonyl (C=O) groups excluding carboxylic acids is 1. The van der Waals surface area contributed by atoms with Crippen LogP contribution in [0.1, 0.15) is 10.4 Å². The van der Waals surface area contributed by atoms with Gasteiger partial charge in [0.25, 0.3) is 5.91 Å². The summed E-state index contributed by atoms with van der Waals surface area (Å²) in [4.78, 5) is 22.8. The smallest absolute Gasteiger partial charge is 0.321 e. The van der Waals surface area contributed by atoms with Gasteiger partial charge in [0, 0.05) is 5.56 Å². The minimum absolute atomic E-state index is 0.0253. The summed E-state index contributed by atoms with van der Waals surface area (Å²) in [7, 11) is 0. The fraction of sp³-hybridized carbons (Fsp3) is 0.167. The average Bonchev–Trinajstić information content (AvgIpc) is 2.49. The predicted octanol–water partition coefficient (Wildman–Crippen LogP) is 4.02. The number of amides is 1. The molecule has 0 aliphatic rings. The van der Waals surface area contributed by atoms with Crippen molar-refractivity contribution in [3.05, 3.63) is 39.2 Å². The molecule has 12 heteroatoms. The zero-order valence-corrected chi connectivity index (χ0v) is 13.6. The second-order valence-electron chi connectivity index (χ2n) is 4.11. The van der Waals surface area contributed by atoms with Crippen LogP contribution in [0.5, 0.6) is 6.01 Å². The van der Waals surface area contributed by atoms with Crippen molar-refractivity contribution >= 4 is 46.5 Å². The molecule has 0 saturated carbocycles. The van der Waals surface area contributed by atoms with E-state index in [2.05, 4.69) is 25.0 Å². The number of alkyl halides is 3. The molecule has 1 atom stereocenters. The van der Waals surface area contributed by atoms with Crippen molar-refractivity contribution in [3.63, 3.8) is 0 Å². The normalized spacial score (nSPS) is 12.1. The summed E-state index contributed by atoms with van der Waals surface area (Å²) >= 11 is 17.1. The highest BCUT2D eigenvalue weighted by Gasteiger charge is 2.23. The number of rotatable bonds is 5. The Morgan fingerprint density at radius 3 is 2.33 bits per heavy atom. The molecule has 0 bridgehead atoms. The zero-order chi connectivity index (χ0) is 17.9. The van der Waals surface area contributed by atoms with Crippen molar-refractivity contribution in [1.82, 2.24) is 15.0 Å². The molecule has 1 amide bonds. The molecule has 2 heterocycles. The minimum atomic E-state index is -3.39. The van der Waals surface area contributed by atoms with E-state index in [0.29, 0.717) is 0 Å². The van der Waals surface area contributed by atoms with Crippen molar-refractivity contribution in [3.8, 4) is 6.01 Å². The Kier molecular flexibility index (Phi) is 6.03. The third kappa shape index (κ3) is 4.83. The Bertz CT molecular complexity index is 746. The number of aromatic nitrogens is 3. The topological polar surface area (TPSA) is 77.0 Å². The molecule has 0 aliphatic carbocycles. The van der Waals surface area contributed by atoms with E-state index in [1.165, 1.54) is 12.1 Å². The van der Waals surface area contributed by atoms with Gasteiger partial charge >= 0.3 is 18.8 Å². The van der Waals surface area contributed by atoms with Crippen LogP contribution in [0.4, 0.5) is 19.0 Å². The lowest BCUT2D eigenvalue weighted by atomic mass is 10.2. The first-order valence-corrected chi connectivity index (χ1v) is 7.15. The third-order valence-corrected chi connectivity index (χ3v) is 3.06. The van der Waals surface area contributed by atoms with Gasteiger partial charge in [-0.05, 0) is 12.1 Å². The van der Waals surface area contributed by atoms with Crippen LogP contribution in [-0.4, -0.2) is 33.6 Å². The molecule has 1 N–H and O–H groups in total. The molecule has 2 aromatic rings. The van der Waals surface area contributed by atoms with E-state index in [4.69, 9.17) is 34.8 Å². The van der Waals surface area contributed by atoms with Gasteiger partial charge in [-0.3, -0.25) is 4.79 Å². The summed E-state index contributed by atoms with van der Waals surface area (Å²) in [6, 6.07) is 1.72. The average molecular weight is 402 g/mol. The lowest BCUT2D eigenvalue weighted by Crippen LogP contribution is -2.21. The Morgan fingerprint density at radius 1 is 1.12 bits per heavy atom. The minimum Gasteiger partial charge on any atom is -0.422 e. The molecule has 6 nitrogen and oxygen atoms in total. The number of nitrogens with zero attached hydrogens (tertiary/aromatic N) is 3. The molecule has 0 spiro atoms. The number of ether oxygens (including phenoxy) is 1. The van der Waals surface area contributed by atoms with E-state index in [9.17, 15) is 18.0 Å². The molecular formula is C12H6Cl3F3N4O2. The monoisotopic (exact) mass is 400 g/mol. The Labute approximate surface area is 147 Å². The second kappa shape index (κ2) is 7.82. The first-order chi connectivity index (χ1) is 11.3. The van der Waals surface area contributed by atoms with Crippen molar-refractivity contribution in [2.45, 2.75) is 12.8 Å². The first-order valence-electron chi connectivity index (χ1n) is 6.02. The van der Waals surface area contributed by atoms with Crippen molar-refractivity contribution in [2.24, 2.45) is 0 Å². The number of pyridine rings is 1. The molecule has 2 aromatic heterocycles. The fourth-order valence-corrected chi connectivity index (χ4v) is 2.02. The van der Waals surface area contributed by atoms with Crippen LogP contribution in [0.25, 0.3) is 0 Å². The highest BCUT2D eigenvalue weighted by Crippen LogP contribution is 2.23. The van der Waals surface area contributed by atoms with E-state index < -0.39 is 24.7 Å². The summed E-state index contributed by atoms with van der Waals surface area (Å²) < 4.78 is 41.3. The zero-order valence-electron chi connectivity index (χ0n) is 11.3. The van der Waals surface area contributed by atoms with Gasteiger partial charge in [0.05, 0.1) is 6.20 Å². The molecule has 128 valence electrons. The first kappa shape index (κ1) is 18.5. The fourth-order valence-electron chi connectivity index (χ4n) is 1.42. The second-order valence-corrected chi connectivity index (χ2v) is 5.29. The quantitative estimate of drug-likeness (QED) is 0.766. The van der Waals surface area contributed by atoms with E-state index >= 15 is 0 Å². The van der Waals surface area contributed by atoms with Gasteiger partial charge in [-0.25, -0.2) is 18.7 Å². The summed E-state index contributed by atoms with van der Waals surface area (Å²) in [5.74, 6) is -1.00. The van der Waals surface area contributed by atoms with Gasteiger partial charge in [0.2, 0.25) is 0 Å². The number of halogens is 6. The molecule has 0 aromatic carbocycles. The van der Waals surface area contributed by atoms with Crippen LogP contribution in [0.3, 0.4) is 0 Å². The molecule has 0 radical (unpaired) electrons. The molecular weight excluding hydrogens is 396 g/mol. The Hall–Kier alpha value is -1.84. The van der Waals surface area contributed by atoms with Crippen molar-refractivity contribution in [1.29, 1.82) is 0 Å². The number of carbonyl (C=O) groups is 1. The SMILES string of the molecule is O=C(Nc1nc(OC(F)C(F)F)ncc1Cl)c1cc(Cl)nc(Cl)c1. The van der Waals surface area contributed by atoms with Crippen molar-refractivity contribution < 1.29 is 22.7 Å². The molecule has 0 aliphatic heterocycles. The maximum absolute atomic E-state index is 12.9. The van der Waals surface area contributed by atoms with Gasteiger partial charge in [-0.2, -0.15) is 9.37 Å². The largest absolute Gasteiger partial charge is 0.422 e. The van der Waals surface area contributed by atoms with E-state index in [1.54, 1.807) is 0 Å². The van der Waals surface area contributed by atoms with Gasteiger partial charge in [0.15, 0.2) is 5.82 Å². The van der Waals surface area contributed by atoms with Crippen LogP contribution in [0, 0.1) is 0 Å². The Balaban J connectivity index is 2.20. The lowest BCUT2D eigenvalue weighted by Gasteiger charge is -2.11. The highest BCUT2D eigenvalue weighted by atomic mass is 35.5. The lowest BCUT2D eigenvalue weighted by molar-refractivity contribution is -0.0712. The molecule has 24 heavy (non-hydrogen) atoms. The molecule has 1 unspecified atom stereocenters. The number of nitrogens with one attached hydrogen (secondary N) is 1. The van der Waals surface area contributed by atoms with Crippen molar-refractivity contribution in [2.75, 3.05) is 5.32 Å². The van der Waals surface area contributed by atoms with E-state index in [0.717, 1.165) is 6.20 Å². The third-order valence-electron chi connectivity index (χ3n) is 2.40. The van der Waals surface area contributed by atoms with Gasteiger partial charge in [-0.15, -0.1) is 0 Å². The number of hydrogen-bond acceptors (Lipinski definition) is 5. The Morgan fingerprint density at radius 2 is 1.75 bits per heavy atom. The van der Waals surface area contributed by atoms with Gasteiger partial charge < -0.3 is 10.1 Å². The van der Waals surface area contributed by atoms with E-state index in [1.807, 2.05) is 0 Å². The van der Waals surface area contributed by atoms with Crippen LogP contribution < -0.4 is 10.1 Å². The summed E-state index contributed by atoms with van der Waals surface area (Å²) in [6.07, 6.45) is -5.36. The molecule has 0 saturated heterocycles. The van der Waals surface area contributed by atoms with Crippen LogP contribution in [-0.2, 0) is 0 Å². The highest BCUT2D eigenvalue weighted by molar-refractivity contribution is 6.34. The standard InChI is InChI=1S/C12H6Cl3F3N4O2/c13-5-3-19-12(24-9(18)8(16)17)22-10(5)21-11(23)4-1-6(14)20-7(15)2-4/h1-3,8-9H,(H,19,21,22,23). The maximum atomic E-state index is 12.9. The van der Waals surface area contributed by atoms with Gasteiger partial charge in [0.1, 0.15) is 15.3 Å². The molecule has 0 fully saturated rings. The van der Waals surface area contributed by atoms with Crippen LogP contribution >= 0.6 is 34.8 Å². The molecule has 2 rings (SSSR count). The number of hydrogen-bond donors (Lipinski definition) is 1. The van der Waals surface area contributed by atoms with Crippen LogP contribution in [0.2, 0.25) is 15.3 Å². The number of anilines is 1. The predicted molar refractivity (Wildman–Crippen MR) is 80.8 cm³/mol. The summed E-state index contributed by atoms with van der Waals surface area (Å²) in [5, 5.41) is 2.09.